The maximum absolute atomic E-state index is 12.5. The lowest BCUT2D eigenvalue weighted by atomic mass is 10.1. The molecule has 0 bridgehead atoms. The van der Waals surface area contributed by atoms with Gasteiger partial charge in [0.2, 0.25) is 5.91 Å². The predicted octanol–water partition coefficient (Wildman–Crippen LogP) is 2.21. The minimum Gasteiger partial charge on any atom is -0.462 e. The summed E-state index contributed by atoms with van der Waals surface area (Å²) in [6, 6.07) is 0. The van der Waals surface area contributed by atoms with Crippen molar-refractivity contribution in [1.82, 2.24) is 15.2 Å². The van der Waals surface area contributed by atoms with Crippen molar-refractivity contribution in [2.24, 2.45) is 0 Å². The van der Waals surface area contributed by atoms with E-state index < -0.39 is 17.5 Å². The quantitative estimate of drug-likeness (QED) is 0.641. The number of carbonyl (C=O) groups is 3. The fourth-order valence-corrected chi connectivity index (χ4v) is 3.39. The molecule has 162 valence electrons. The SMILES string of the molecule is CCOC(=O)c1c(CC(=O)NCCN2CCCC2)[nH]c(C(=O)OC(C)(C)C)c1C. The van der Waals surface area contributed by atoms with E-state index in [1.807, 2.05) is 0 Å². The van der Waals surface area contributed by atoms with Crippen LogP contribution in [0.15, 0.2) is 0 Å². The van der Waals surface area contributed by atoms with Crippen LogP contribution >= 0.6 is 0 Å². The van der Waals surface area contributed by atoms with Gasteiger partial charge >= 0.3 is 11.9 Å². The maximum Gasteiger partial charge on any atom is 0.355 e. The molecule has 1 aliphatic heterocycles. The highest BCUT2D eigenvalue weighted by Gasteiger charge is 2.28. The van der Waals surface area contributed by atoms with Gasteiger partial charge in [0.1, 0.15) is 11.3 Å². The van der Waals surface area contributed by atoms with Crippen molar-refractivity contribution in [2.45, 2.75) is 59.5 Å². The van der Waals surface area contributed by atoms with Gasteiger partial charge in [-0.3, -0.25) is 4.79 Å². The van der Waals surface area contributed by atoms with Crippen molar-refractivity contribution in [3.63, 3.8) is 0 Å². The van der Waals surface area contributed by atoms with Crippen molar-refractivity contribution in [1.29, 1.82) is 0 Å². The monoisotopic (exact) mass is 407 g/mol. The van der Waals surface area contributed by atoms with Gasteiger partial charge in [0.15, 0.2) is 0 Å². The number of nitrogens with zero attached hydrogens (tertiary/aromatic N) is 1. The molecule has 1 saturated heterocycles. The highest BCUT2D eigenvalue weighted by molar-refractivity contribution is 5.99. The van der Waals surface area contributed by atoms with Crippen LogP contribution < -0.4 is 5.32 Å². The molecule has 0 aromatic carbocycles. The van der Waals surface area contributed by atoms with E-state index in [4.69, 9.17) is 9.47 Å². The topological polar surface area (TPSA) is 101 Å². The summed E-state index contributed by atoms with van der Waals surface area (Å²) in [5, 5.41) is 2.88. The van der Waals surface area contributed by atoms with Crippen LogP contribution in [-0.4, -0.2) is 66.1 Å². The molecule has 2 heterocycles. The lowest BCUT2D eigenvalue weighted by molar-refractivity contribution is -0.120. The molecule has 1 fully saturated rings. The highest BCUT2D eigenvalue weighted by Crippen LogP contribution is 2.23. The van der Waals surface area contributed by atoms with Crippen molar-refractivity contribution in [3.05, 3.63) is 22.5 Å². The standard InChI is InChI=1S/C21H33N3O5/c1-6-28-19(26)17-14(2)18(20(27)29-21(3,4)5)23-15(17)13-16(25)22-9-12-24-10-7-8-11-24/h23H,6-13H2,1-5H3,(H,22,25). The number of aromatic amines is 1. The third-order valence-corrected chi connectivity index (χ3v) is 4.70. The number of ether oxygens (including phenoxy) is 2. The van der Waals surface area contributed by atoms with Crippen LogP contribution in [0.5, 0.6) is 0 Å². The first kappa shape index (κ1) is 22.9. The van der Waals surface area contributed by atoms with Gasteiger partial charge in [-0.15, -0.1) is 0 Å². The summed E-state index contributed by atoms with van der Waals surface area (Å²) in [4.78, 5) is 42.6. The number of hydrogen-bond donors (Lipinski definition) is 2. The number of esters is 2. The van der Waals surface area contributed by atoms with E-state index in [-0.39, 0.29) is 30.2 Å². The van der Waals surface area contributed by atoms with E-state index in [2.05, 4.69) is 15.2 Å². The van der Waals surface area contributed by atoms with Crippen LogP contribution in [0, 0.1) is 6.92 Å². The molecular weight excluding hydrogens is 374 g/mol. The van der Waals surface area contributed by atoms with Crippen LogP contribution in [0.2, 0.25) is 0 Å². The molecule has 0 aliphatic carbocycles. The van der Waals surface area contributed by atoms with Crippen molar-refractivity contribution < 1.29 is 23.9 Å². The number of amides is 1. The summed E-state index contributed by atoms with van der Waals surface area (Å²) in [5.41, 5.74) is 0.509. The number of hydrogen-bond acceptors (Lipinski definition) is 6. The first-order chi connectivity index (χ1) is 13.6. The third-order valence-electron chi connectivity index (χ3n) is 4.70. The van der Waals surface area contributed by atoms with Crippen molar-refractivity contribution in [3.8, 4) is 0 Å². The normalized spacial score (nSPS) is 14.7. The minimum absolute atomic E-state index is 0.0439. The van der Waals surface area contributed by atoms with Gasteiger partial charge in [-0.25, -0.2) is 9.59 Å². The minimum atomic E-state index is -0.675. The molecule has 1 aromatic heterocycles. The van der Waals surface area contributed by atoms with Gasteiger partial charge in [-0.1, -0.05) is 0 Å². The van der Waals surface area contributed by atoms with E-state index in [0.717, 1.165) is 19.6 Å². The molecular formula is C21H33N3O5. The molecule has 1 aromatic rings. The first-order valence-corrected chi connectivity index (χ1v) is 10.2. The van der Waals surface area contributed by atoms with Crippen LogP contribution in [0.25, 0.3) is 0 Å². The number of carbonyl (C=O) groups excluding carboxylic acids is 3. The van der Waals surface area contributed by atoms with E-state index >= 15 is 0 Å². The highest BCUT2D eigenvalue weighted by atomic mass is 16.6. The smallest absolute Gasteiger partial charge is 0.355 e. The predicted molar refractivity (Wildman–Crippen MR) is 109 cm³/mol. The Hall–Kier alpha value is -2.35. The van der Waals surface area contributed by atoms with Gasteiger partial charge in [-0.05, 0) is 66.1 Å². The van der Waals surface area contributed by atoms with Crippen LogP contribution in [0.1, 0.15) is 72.6 Å². The molecule has 1 aliphatic rings. The lowest BCUT2D eigenvalue weighted by Gasteiger charge is -2.19. The second-order valence-corrected chi connectivity index (χ2v) is 8.28. The molecule has 0 saturated carbocycles. The average molecular weight is 408 g/mol. The Balaban J connectivity index is 2.12. The van der Waals surface area contributed by atoms with Gasteiger partial charge in [0.05, 0.1) is 18.6 Å². The van der Waals surface area contributed by atoms with E-state index in [0.29, 0.717) is 17.8 Å². The number of H-pyrrole nitrogens is 1. The Morgan fingerprint density at radius 2 is 1.79 bits per heavy atom. The number of likely N-dealkylation sites (tertiary alicyclic amines) is 1. The molecule has 0 spiro atoms. The summed E-state index contributed by atoms with van der Waals surface area (Å²) < 4.78 is 10.5. The van der Waals surface area contributed by atoms with Crippen molar-refractivity contribution in [2.75, 3.05) is 32.8 Å². The maximum atomic E-state index is 12.5. The second kappa shape index (κ2) is 9.91. The Bertz CT molecular complexity index is 742. The summed E-state index contributed by atoms with van der Waals surface area (Å²) in [6.07, 6.45) is 2.36. The lowest BCUT2D eigenvalue weighted by Crippen LogP contribution is -2.34. The fourth-order valence-electron chi connectivity index (χ4n) is 3.39. The fraction of sp³-hybridized carbons (Fsp3) is 0.667. The van der Waals surface area contributed by atoms with Gasteiger partial charge < -0.3 is 24.7 Å². The zero-order chi connectivity index (χ0) is 21.6. The van der Waals surface area contributed by atoms with E-state index in [1.54, 1.807) is 34.6 Å². The number of nitrogens with one attached hydrogen (secondary N) is 2. The molecule has 8 nitrogen and oxygen atoms in total. The Kier molecular flexibility index (Phi) is 7.84. The molecule has 1 amide bonds. The van der Waals surface area contributed by atoms with Gasteiger partial charge in [0.25, 0.3) is 0 Å². The number of rotatable bonds is 8. The molecule has 29 heavy (non-hydrogen) atoms. The largest absolute Gasteiger partial charge is 0.462 e. The zero-order valence-corrected chi connectivity index (χ0v) is 18.1. The second-order valence-electron chi connectivity index (χ2n) is 8.28. The summed E-state index contributed by atoms with van der Waals surface area (Å²) in [5.74, 6) is -1.34. The van der Waals surface area contributed by atoms with E-state index in [9.17, 15) is 14.4 Å². The summed E-state index contributed by atoms with van der Waals surface area (Å²) in [6.45, 7) is 12.4. The Morgan fingerprint density at radius 1 is 1.14 bits per heavy atom. The first-order valence-electron chi connectivity index (χ1n) is 10.2. The average Bonchev–Trinajstić information content (AvgIpc) is 3.21. The third kappa shape index (κ3) is 6.59. The molecule has 0 unspecified atom stereocenters. The van der Waals surface area contributed by atoms with Crippen LogP contribution in [0.4, 0.5) is 0 Å². The Morgan fingerprint density at radius 3 is 2.38 bits per heavy atom. The summed E-state index contributed by atoms with van der Waals surface area (Å²) >= 11 is 0. The summed E-state index contributed by atoms with van der Waals surface area (Å²) in [7, 11) is 0. The van der Waals surface area contributed by atoms with Crippen LogP contribution in [-0.2, 0) is 20.7 Å². The van der Waals surface area contributed by atoms with Crippen molar-refractivity contribution >= 4 is 17.8 Å². The molecule has 0 radical (unpaired) electrons. The molecule has 8 heteroatoms. The number of aromatic nitrogens is 1. The Labute approximate surface area is 172 Å². The van der Waals surface area contributed by atoms with Gasteiger partial charge in [-0.2, -0.15) is 0 Å². The molecule has 2 N–H and O–H groups in total. The molecule has 0 atom stereocenters. The zero-order valence-electron chi connectivity index (χ0n) is 18.1. The van der Waals surface area contributed by atoms with Crippen LogP contribution in [0.3, 0.4) is 0 Å². The van der Waals surface area contributed by atoms with E-state index in [1.165, 1.54) is 12.8 Å². The van der Waals surface area contributed by atoms with Gasteiger partial charge in [0, 0.05) is 18.8 Å². The molecule has 2 rings (SSSR count).